The Labute approximate surface area is 188 Å². The van der Waals surface area contributed by atoms with Crippen molar-refractivity contribution < 1.29 is 13.2 Å². The number of sulfonamides is 1. The molecule has 30 heavy (non-hydrogen) atoms. The van der Waals surface area contributed by atoms with Crippen LogP contribution < -0.4 is 10.9 Å². The zero-order valence-corrected chi connectivity index (χ0v) is 18.9. The maximum atomic E-state index is 13.0. The Kier molecular flexibility index (Phi) is 7.41. The highest BCUT2D eigenvalue weighted by atomic mass is 35.5. The summed E-state index contributed by atoms with van der Waals surface area (Å²) in [5.41, 5.74) is -0.603. The van der Waals surface area contributed by atoms with Crippen molar-refractivity contribution in [1.29, 1.82) is 0 Å². The van der Waals surface area contributed by atoms with E-state index in [2.05, 4.69) is 10.4 Å². The lowest BCUT2D eigenvalue weighted by molar-refractivity contribution is -0.117. The third kappa shape index (κ3) is 5.15. The van der Waals surface area contributed by atoms with E-state index in [0.717, 1.165) is 36.6 Å². The normalized spacial score (nSPS) is 15.6. The van der Waals surface area contributed by atoms with Gasteiger partial charge < -0.3 is 5.32 Å². The van der Waals surface area contributed by atoms with Gasteiger partial charge in [0.2, 0.25) is 15.9 Å². The predicted octanol–water partition coefficient (Wildman–Crippen LogP) is 3.41. The van der Waals surface area contributed by atoms with E-state index < -0.39 is 28.0 Å². The fraction of sp³-hybridized carbons (Fsp3) is 0.389. The van der Waals surface area contributed by atoms with Crippen LogP contribution in [-0.4, -0.2) is 41.5 Å². The number of carbonyl (C=O) groups excluding carboxylic acids is 1. The molecule has 0 unspecified atom stereocenters. The van der Waals surface area contributed by atoms with E-state index in [-0.39, 0.29) is 25.7 Å². The molecule has 0 bridgehead atoms. The van der Waals surface area contributed by atoms with Gasteiger partial charge in [0.05, 0.1) is 26.8 Å². The van der Waals surface area contributed by atoms with Crippen LogP contribution in [0.15, 0.2) is 34.1 Å². The molecular weight excluding hydrogens is 475 g/mol. The highest BCUT2D eigenvalue weighted by Gasteiger charge is 2.26. The smallest absolute Gasteiger partial charge is 0.287 e. The fourth-order valence-electron chi connectivity index (χ4n) is 3.08. The van der Waals surface area contributed by atoms with Gasteiger partial charge in [-0.2, -0.15) is 9.40 Å². The molecule has 1 saturated heterocycles. The number of nitrogens with one attached hydrogen (secondary N) is 1. The maximum absolute atomic E-state index is 13.0. The Bertz CT molecular complexity index is 1110. The Balaban J connectivity index is 1.81. The highest BCUT2D eigenvalue weighted by molar-refractivity contribution is 7.89. The van der Waals surface area contributed by atoms with Gasteiger partial charge in [0, 0.05) is 13.1 Å². The number of amides is 1. The summed E-state index contributed by atoms with van der Waals surface area (Å²) in [5.74, 6) is -0.630. The number of rotatable bonds is 5. The summed E-state index contributed by atoms with van der Waals surface area (Å²) in [6.45, 7) is 0.465. The first-order valence-electron chi connectivity index (χ1n) is 9.21. The molecule has 1 aliphatic rings. The molecule has 3 rings (SSSR count). The molecular formula is C18H19Cl3N4O4S. The van der Waals surface area contributed by atoms with Crippen molar-refractivity contribution in [2.75, 3.05) is 18.4 Å². The van der Waals surface area contributed by atoms with Crippen molar-refractivity contribution >= 4 is 56.4 Å². The summed E-state index contributed by atoms with van der Waals surface area (Å²) < 4.78 is 28.3. The molecule has 0 aliphatic carbocycles. The van der Waals surface area contributed by atoms with Gasteiger partial charge >= 0.3 is 0 Å². The molecule has 1 aromatic carbocycles. The second-order valence-corrected chi connectivity index (χ2v) is 9.91. The number of anilines is 1. The van der Waals surface area contributed by atoms with Gasteiger partial charge in [0.25, 0.3) is 5.56 Å². The first kappa shape index (κ1) is 23.0. The van der Waals surface area contributed by atoms with Crippen LogP contribution in [0.1, 0.15) is 25.7 Å². The second kappa shape index (κ2) is 9.65. The number of hydrogen-bond acceptors (Lipinski definition) is 5. The van der Waals surface area contributed by atoms with Crippen LogP contribution in [0.2, 0.25) is 15.1 Å². The number of benzene rings is 1. The van der Waals surface area contributed by atoms with Gasteiger partial charge in [-0.15, -0.1) is 0 Å². The van der Waals surface area contributed by atoms with Crippen molar-refractivity contribution in [1.82, 2.24) is 14.1 Å². The number of aromatic nitrogens is 2. The quantitative estimate of drug-likeness (QED) is 0.688. The van der Waals surface area contributed by atoms with Crippen LogP contribution in [0.25, 0.3) is 0 Å². The summed E-state index contributed by atoms with van der Waals surface area (Å²) in [6, 6.07) is 4.13. The van der Waals surface area contributed by atoms with Gasteiger partial charge in [-0.25, -0.2) is 13.1 Å². The predicted molar refractivity (Wildman–Crippen MR) is 116 cm³/mol. The summed E-state index contributed by atoms with van der Waals surface area (Å²) in [6.07, 6.45) is 4.76. The molecule has 0 radical (unpaired) electrons. The molecule has 12 heteroatoms. The zero-order valence-electron chi connectivity index (χ0n) is 15.8. The van der Waals surface area contributed by atoms with Crippen molar-refractivity contribution in [3.8, 4) is 0 Å². The van der Waals surface area contributed by atoms with E-state index in [4.69, 9.17) is 34.8 Å². The van der Waals surface area contributed by atoms with Crippen LogP contribution in [0.3, 0.4) is 0 Å². The molecule has 162 valence electrons. The topological polar surface area (TPSA) is 101 Å². The van der Waals surface area contributed by atoms with E-state index >= 15 is 0 Å². The van der Waals surface area contributed by atoms with Crippen molar-refractivity contribution in [3.05, 3.63) is 49.8 Å². The van der Waals surface area contributed by atoms with Crippen LogP contribution in [0, 0.1) is 0 Å². The molecule has 1 amide bonds. The summed E-state index contributed by atoms with van der Waals surface area (Å²) in [4.78, 5) is 24.4. The zero-order chi connectivity index (χ0) is 21.9. The van der Waals surface area contributed by atoms with E-state index in [1.165, 1.54) is 22.5 Å². The van der Waals surface area contributed by atoms with Crippen molar-refractivity contribution in [2.45, 2.75) is 37.1 Å². The lowest BCUT2D eigenvalue weighted by Gasteiger charge is -2.20. The largest absolute Gasteiger partial charge is 0.323 e. The second-order valence-electron chi connectivity index (χ2n) is 6.78. The van der Waals surface area contributed by atoms with Crippen LogP contribution in [0.4, 0.5) is 5.69 Å². The first-order chi connectivity index (χ1) is 14.2. The summed E-state index contributed by atoms with van der Waals surface area (Å²) in [7, 11) is -3.71. The molecule has 2 aromatic rings. The fourth-order valence-corrected chi connectivity index (χ4v) is 5.05. The number of hydrogen-bond donors (Lipinski definition) is 1. The van der Waals surface area contributed by atoms with Crippen LogP contribution in [0.5, 0.6) is 0 Å². The molecule has 0 atom stereocenters. The summed E-state index contributed by atoms with van der Waals surface area (Å²) in [5, 5.41) is 6.17. The molecule has 1 aliphatic heterocycles. The lowest BCUT2D eigenvalue weighted by atomic mass is 10.2. The monoisotopic (exact) mass is 492 g/mol. The van der Waals surface area contributed by atoms with Gasteiger partial charge in [0.15, 0.2) is 0 Å². The summed E-state index contributed by atoms with van der Waals surface area (Å²) >= 11 is 17.6. The SMILES string of the molecule is O=C(Cn1ncc(Cl)c(Cl)c1=O)Nc1cc(S(=O)(=O)N2CCCCCC2)ccc1Cl. The third-order valence-electron chi connectivity index (χ3n) is 4.65. The average molecular weight is 494 g/mol. The molecule has 2 heterocycles. The Morgan fingerprint density at radius 3 is 2.40 bits per heavy atom. The molecule has 0 spiro atoms. The minimum absolute atomic E-state index is 0.0206. The van der Waals surface area contributed by atoms with E-state index in [1.807, 2.05) is 0 Å². The molecule has 8 nitrogen and oxygen atoms in total. The standard InChI is InChI=1S/C18H19Cl3N4O4S/c19-13-6-5-12(30(28,29)24-7-3-1-2-4-8-24)9-15(13)23-16(26)11-25-18(27)17(21)14(20)10-22-25/h5-6,9-10H,1-4,7-8,11H2,(H,23,26). The number of carbonyl (C=O) groups is 1. The van der Waals surface area contributed by atoms with Gasteiger partial charge in [0.1, 0.15) is 11.6 Å². The minimum Gasteiger partial charge on any atom is -0.323 e. The third-order valence-corrected chi connectivity index (χ3v) is 7.62. The van der Waals surface area contributed by atoms with Crippen molar-refractivity contribution in [2.24, 2.45) is 0 Å². The van der Waals surface area contributed by atoms with Crippen molar-refractivity contribution in [3.63, 3.8) is 0 Å². The van der Waals surface area contributed by atoms with E-state index in [9.17, 15) is 18.0 Å². The molecule has 1 N–H and O–H groups in total. The average Bonchev–Trinajstić information content (AvgIpc) is 3.00. The molecule has 1 fully saturated rings. The molecule has 0 saturated carbocycles. The van der Waals surface area contributed by atoms with Gasteiger partial charge in [-0.05, 0) is 31.0 Å². The number of nitrogens with zero attached hydrogens (tertiary/aromatic N) is 3. The van der Waals surface area contributed by atoms with Gasteiger partial charge in [-0.1, -0.05) is 47.6 Å². The van der Waals surface area contributed by atoms with Crippen LogP contribution in [-0.2, 0) is 21.4 Å². The first-order valence-corrected chi connectivity index (χ1v) is 11.8. The Hall–Kier alpha value is -1.65. The minimum atomic E-state index is -3.71. The number of halogens is 3. The highest BCUT2D eigenvalue weighted by Crippen LogP contribution is 2.28. The Morgan fingerprint density at radius 1 is 1.07 bits per heavy atom. The van der Waals surface area contributed by atoms with Gasteiger partial charge in [-0.3, -0.25) is 9.59 Å². The van der Waals surface area contributed by atoms with E-state index in [1.54, 1.807) is 0 Å². The lowest BCUT2D eigenvalue weighted by Crippen LogP contribution is -2.32. The van der Waals surface area contributed by atoms with Crippen LogP contribution >= 0.6 is 34.8 Å². The van der Waals surface area contributed by atoms with E-state index in [0.29, 0.717) is 13.1 Å². The maximum Gasteiger partial charge on any atom is 0.287 e. The Morgan fingerprint density at radius 2 is 1.73 bits per heavy atom. The molecule has 1 aromatic heterocycles.